The van der Waals surface area contributed by atoms with Gasteiger partial charge in [0.05, 0.1) is 12.2 Å². The van der Waals surface area contributed by atoms with Crippen LogP contribution in [0.2, 0.25) is 0 Å². The summed E-state index contributed by atoms with van der Waals surface area (Å²) in [5, 5.41) is 0. The van der Waals surface area contributed by atoms with Crippen molar-refractivity contribution in [1.29, 1.82) is 0 Å². The summed E-state index contributed by atoms with van der Waals surface area (Å²) in [6, 6.07) is 7.62. The van der Waals surface area contributed by atoms with Crippen LogP contribution in [0.1, 0.15) is 43.6 Å². The number of benzene rings is 1. The molecule has 1 aromatic rings. The molecule has 0 spiro atoms. The van der Waals surface area contributed by atoms with Gasteiger partial charge >= 0.3 is 0 Å². The van der Waals surface area contributed by atoms with Gasteiger partial charge in [0, 0.05) is 25.2 Å². The summed E-state index contributed by atoms with van der Waals surface area (Å²) in [5.41, 5.74) is 1.45. The zero-order chi connectivity index (χ0) is 14.5. The number of methoxy groups -OCH3 is 1. The summed E-state index contributed by atoms with van der Waals surface area (Å²) in [4.78, 5) is 12.2. The summed E-state index contributed by atoms with van der Waals surface area (Å²) in [5.74, 6) is 0.0106. The van der Waals surface area contributed by atoms with E-state index in [0.29, 0.717) is 13.2 Å². The third kappa shape index (κ3) is 4.15. The minimum Gasteiger partial charge on any atom is -0.381 e. The largest absolute Gasteiger partial charge is 0.381 e. The van der Waals surface area contributed by atoms with Gasteiger partial charge in [-0.2, -0.15) is 0 Å². The first-order valence-corrected chi connectivity index (χ1v) is 6.70. The van der Waals surface area contributed by atoms with Crippen molar-refractivity contribution in [1.82, 2.24) is 0 Å². The Morgan fingerprint density at radius 2 is 1.84 bits per heavy atom. The molecular formula is C16H24O3. The number of ketones is 1. The Morgan fingerprint density at radius 1 is 1.26 bits per heavy atom. The highest BCUT2D eigenvalue weighted by Crippen LogP contribution is 2.24. The molecule has 0 saturated heterocycles. The van der Waals surface area contributed by atoms with E-state index in [2.05, 4.69) is 0 Å². The Bertz CT molecular complexity index is 407. The number of ether oxygens (including phenoxy) is 2. The van der Waals surface area contributed by atoms with Gasteiger partial charge in [-0.3, -0.25) is 4.79 Å². The molecule has 3 nitrogen and oxygen atoms in total. The fourth-order valence-corrected chi connectivity index (χ4v) is 1.81. The maximum absolute atomic E-state index is 12.2. The lowest BCUT2D eigenvalue weighted by molar-refractivity contribution is 0.0192. The molecule has 1 unspecified atom stereocenters. The Morgan fingerprint density at radius 3 is 2.32 bits per heavy atom. The van der Waals surface area contributed by atoms with Crippen molar-refractivity contribution in [3.63, 3.8) is 0 Å². The van der Waals surface area contributed by atoms with Gasteiger partial charge in [0.15, 0.2) is 5.78 Å². The average Bonchev–Trinajstić information content (AvgIpc) is 2.44. The molecule has 0 heterocycles. The van der Waals surface area contributed by atoms with E-state index in [-0.39, 0.29) is 17.3 Å². The predicted octanol–water partition coefficient (Wildman–Crippen LogP) is 3.42. The Hall–Kier alpha value is -1.19. The monoisotopic (exact) mass is 264 g/mol. The fourth-order valence-electron chi connectivity index (χ4n) is 1.81. The van der Waals surface area contributed by atoms with Crippen molar-refractivity contribution in [3.05, 3.63) is 35.4 Å². The molecule has 0 bridgehead atoms. The number of hydrogen-bond donors (Lipinski definition) is 0. The molecule has 0 aromatic heterocycles. The number of Topliss-reactive ketones (excluding diaryl/α,β-unsaturated/α-hetero) is 1. The molecule has 106 valence electrons. The third-order valence-corrected chi connectivity index (χ3v) is 3.39. The van der Waals surface area contributed by atoms with Crippen LogP contribution in [-0.4, -0.2) is 26.1 Å². The van der Waals surface area contributed by atoms with E-state index >= 15 is 0 Å². The highest BCUT2D eigenvalue weighted by Gasteiger charge is 2.20. The van der Waals surface area contributed by atoms with Crippen LogP contribution in [0.4, 0.5) is 0 Å². The fraction of sp³-hybridized carbons (Fsp3) is 0.562. The molecule has 0 amide bonds. The SMILES string of the molecule is CCOCC(C)C(=O)c1ccc(C(C)(C)OC)cc1. The van der Waals surface area contributed by atoms with E-state index in [4.69, 9.17) is 9.47 Å². The van der Waals surface area contributed by atoms with Crippen LogP contribution >= 0.6 is 0 Å². The maximum Gasteiger partial charge on any atom is 0.167 e. The molecule has 3 heteroatoms. The first kappa shape index (κ1) is 15.9. The van der Waals surface area contributed by atoms with E-state index in [1.807, 2.05) is 52.0 Å². The van der Waals surface area contributed by atoms with Gasteiger partial charge in [-0.1, -0.05) is 31.2 Å². The van der Waals surface area contributed by atoms with Crippen LogP contribution in [0.25, 0.3) is 0 Å². The summed E-state index contributed by atoms with van der Waals surface area (Å²) >= 11 is 0. The van der Waals surface area contributed by atoms with E-state index in [0.717, 1.165) is 11.1 Å². The van der Waals surface area contributed by atoms with Gasteiger partial charge in [0.2, 0.25) is 0 Å². The maximum atomic E-state index is 12.2. The lowest BCUT2D eigenvalue weighted by Crippen LogP contribution is -2.20. The minimum absolute atomic E-state index is 0.110. The standard InChI is InChI=1S/C16H24O3/c1-6-19-11-12(2)15(17)13-7-9-14(10-8-13)16(3,4)18-5/h7-10,12H,6,11H2,1-5H3. The Balaban J connectivity index is 2.79. The summed E-state index contributed by atoms with van der Waals surface area (Å²) in [6.45, 7) is 8.94. The zero-order valence-corrected chi connectivity index (χ0v) is 12.5. The number of carbonyl (C=O) groups excluding carboxylic acids is 1. The average molecular weight is 264 g/mol. The van der Waals surface area contributed by atoms with Crippen LogP contribution in [-0.2, 0) is 15.1 Å². The van der Waals surface area contributed by atoms with Gasteiger partial charge in [-0.25, -0.2) is 0 Å². The summed E-state index contributed by atoms with van der Waals surface area (Å²) in [6.07, 6.45) is 0. The molecule has 0 N–H and O–H groups in total. The molecule has 1 atom stereocenters. The molecule has 0 radical (unpaired) electrons. The number of carbonyl (C=O) groups is 1. The second kappa shape index (κ2) is 6.83. The summed E-state index contributed by atoms with van der Waals surface area (Å²) < 4.78 is 10.7. The third-order valence-electron chi connectivity index (χ3n) is 3.39. The Labute approximate surface area is 115 Å². The van der Waals surface area contributed by atoms with Gasteiger partial charge in [0.1, 0.15) is 0 Å². The lowest BCUT2D eigenvalue weighted by Gasteiger charge is -2.23. The van der Waals surface area contributed by atoms with Gasteiger partial charge in [-0.15, -0.1) is 0 Å². The van der Waals surface area contributed by atoms with Crippen LogP contribution < -0.4 is 0 Å². The molecule has 0 aliphatic carbocycles. The number of rotatable bonds is 7. The smallest absolute Gasteiger partial charge is 0.167 e. The van der Waals surface area contributed by atoms with Crippen molar-refractivity contribution in [2.75, 3.05) is 20.3 Å². The second-order valence-electron chi connectivity index (χ2n) is 5.22. The van der Waals surface area contributed by atoms with Gasteiger partial charge in [-0.05, 0) is 26.3 Å². The quantitative estimate of drug-likeness (QED) is 0.708. The molecule has 0 aliphatic heterocycles. The van der Waals surface area contributed by atoms with E-state index in [1.54, 1.807) is 7.11 Å². The van der Waals surface area contributed by atoms with Crippen molar-refractivity contribution < 1.29 is 14.3 Å². The lowest BCUT2D eigenvalue weighted by atomic mass is 9.94. The predicted molar refractivity (Wildman–Crippen MR) is 76.5 cm³/mol. The van der Waals surface area contributed by atoms with Crippen LogP contribution in [0.3, 0.4) is 0 Å². The van der Waals surface area contributed by atoms with Crippen molar-refractivity contribution in [2.24, 2.45) is 5.92 Å². The van der Waals surface area contributed by atoms with E-state index in [9.17, 15) is 4.79 Å². The first-order chi connectivity index (χ1) is 8.92. The van der Waals surface area contributed by atoms with Crippen molar-refractivity contribution in [3.8, 4) is 0 Å². The minimum atomic E-state index is -0.335. The number of hydrogen-bond acceptors (Lipinski definition) is 3. The van der Waals surface area contributed by atoms with Gasteiger partial charge < -0.3 is 9.47 Å². The first-order valence-electron chi connectivity index (χ1n) is 6.70. The molecule has 0 fully saturated rings. The topological polar surface area (TPSA) is 35.5 Å². The zero-order valence-electron chi connectivity index (χ0n) is 12.5. The molecule has 1 aromatic carbocycles. The second-order valence-corrected chi connectivity index (χ2v) is 5.22. The normalized spacial score (nSPS) is 13.3. The molecule has 19 heavy (non-hydrogen) atoms. The van der Waals surface area contributed by atoms with Crippen molar-refractivity contribution in [2.45, 2.75) is 33.3 Å². The van der Waals surface area contributed by atoms with E-state index in [1.165, 1.54) is 0 Å². The molecule has 1 rings (SSSR count). The van der Waals surface area contributed by atoms with Crippen LogP contribution in [0.15, 0.2) is 24.3 Å². The van der Waals surface area contributed by atoms with Crippen molar-refractivity contribution >= 4 is 5.78 Å². The van der Waals surface area contributed by atoms with Gasteiger partial charge in [0.25, 0.3) is 0 Å². The molecule has 0 saturated carbocycles. The van der Waals surface area contributed by atoms with Crippen LogP contribution in [0, 0.1) is 5.92 Å². The Kier molecular flexibility index (Phi) is 5.70. The highest BCUT2D eigenvalue weighted by molar-refractivity contribution is 5.97. The molecular weight excluding hydrogens is 240 g/mol. The molecule has 0 aliphatic rings. The summed E-state index contributed by atoms with van der Waals surface area (Å²) in [7, 11) is 1.68. The van der Waals surface area contributed by atoms with E-state index < -0.39 is 0 Å². The van der Waals surface area contributed by atoms with Crippen LogP contribution in [0.5, 0.6) is 0 Å². The highest BCUT2D eigenvalue weighted by atomic mass is 16.5.